The van der Waals surface area contributed by atoms with Crippen molar-refractivity contribution in [2.24, 2.45) is 0 Å². The fraction of sp³-hybridized carbons (Fsp3) is 0.250. The number of rotatable bonds is 2. The number of halogens is 2. The third kappa shape index (κ3) is 2.14. The highest BCUT2D eigenvalue weighted by molar-refractivity contribution is 6.42. The third-order valence-electron chi connectivity index (χ3n) is 3.00. The van der Waals surface area contributed by atoms with Crippen LogP contribution in [0.25, 0.3) is 0 Å². The van der Waals surface area contributed by atoms with E-state index in [1.165, 1.54) is 6.07 Å². The average molecular weight is 298 g/mol. The largest absolute Gasteiger partial charge is 0.326 e. The molecule has 0 unspecified atom stereocenters. The highest BCUT2D eigenvalue weighted by atomic mass is 35.5. The van der Waals surface area contributed by atoms with E-state index in [1.807, 2.05) is 0 Å². The van der Waals surface area contributed by atoms with Gasteiger partial charge in [0.05, 0.1) is 16.1 Å². The molecule has 3 amide bonds. The number of nitrogens with zero attached hydrogens (tertiary/aromatic N) is 2. The first-order chi connectivity index (χ1) is 8.90. The summed E-state index contributed by atoms with van der Waals surface area (Å²) in [5.74, 6) is -0.488. The molecule has 1 heterocycles. The van der Waals surface area contributed by atoms with Gasteiger partial charge in [0.25, 0.3) is 5.91 Å². The van der Waals surface area contributed by atoms with Gasteiger partial charge < -0.3 is 5.32 Å². The number of carbonyl (C=O) groups excluding carboxylic acids is 2. The van der Waals surface area contributed by atoms with Gasteiger partial charge in [0.1, 0.15) is 12.1 Å². The standard InChI is InChI=1S/C12H9Cl2N3O2/c1-12(7-2-3-8(13)9(14)6-7)10(18)17(5-4-15)11(19)16-12/h2-3,6H,5H2,1H3,(H,16,19)/t12-/m0/s1. The molecular weight excluding hydrogens is 289 g/mol. The molecule has 1 aromatic rings. The predicted octanol–water partition coefficient (Wildman–Crippen LogP) is 2.28. The second kappa shape index (κ2) is 4.72. The number of amides is 3. The monoisotopic (exact) mass is 297 g/mol. The zero-order chi connectivity index (χ0) is 14.2. The van der Waals surface area contributed by atoms with Crippen molar-refractivity contribution in [1.82, 2.24) is 10.2 Å². The van der Waals surface area contributed by atoms with Crippen LogP contribution in [0, 0.1) is 11.3 Å². The second-order valence-electron chi connectivity index (χ2n) is 4.23. The molecule has 1 atom stereocenters. The summed E-state index contributed by atoms with van der Waals surface area (Å²) in [5, 5.41) is 11.8. The van der Waals surface area contributed by atoms with Crippen molar-refractivity contribution in [3.63, 3.8) is 0 Å². The van der Waals surface area contributed by atoms with Crippen LogP contribution < -0.4 is 5.32 Å². The summed E-state index contributed by atoms with van der Waals surface area (Å²) in [6, 6.07) is 5.87. The van der Waals surface area contributed by atoms with E-state index in [0.29, 0.717) is 15.6 Å². The Morgan fingerprint density at radius 2 is 2.05 bits per heavy atom. The number of imide groups is 1. The molecule has 1 aromatic carbocycles. The van der Waals surface area contributed by atoms with Gasteiger partial charge >= 0.3 is 6.03 Å². The van der Waals surface area contributed by atoms with Gasteiger partial charge in [-0.05, 0) is 24.6 Å². The van der Waals surface area contributed by atoms with Gasteiger partial charge in [-0.15, -0.1) is 0 Å². The summed E-state index contributed by atoms with van der Waals surface area (Å²) < 4.78 is 0. The Balaban J connectivity index is 2.44. The van der Waals surface area contributed by atoms with Crippen molar-refractivity contribution >= 4 is 35.1 Å². The highest BCUT2D eigenvalue weighted by Gasteiger charge is 2.48. The fourth-order valence-corrected chi connectivity index (χ4v) is 2.21. The van der Waals surface area contributed by atoms with Crippen molar-refractivity contribution in [3.05, 3.63) is 33.8 Å². The molecule has 1 saturated heterocycles. The SMILES string of the molecule is C[C@@]1(c2ccc(Cl)c(Cl)c2)NC(=O)N(CC#N)C1=O. The number of benzene rings is 1. The van der Waals surface area contributed by atoms with Gasteiger partial charge in [0, 0.05) is 0 Å². The van der Waals surface area contributed by atoms with Crippen LogP contribution >= 0.6 is 23.2 Å². The average Bonchev–Trinajstić information content (AvgIpc) is 2.58. The van der Waals surface area contributed by atoms with Crippen molar-refractivity contribution in [2.45, 2.75) is 12.5 Å². The number of carbonyl (C=O) groups is 2. The van der Waals surface area contributed by atoms with Crippen LogP contribution in [0.15, 0.2) is 18.2 Å². The van der Waals surface area contributed by atoms with Crippen molar-refractivity contribution in [2.75, 3.05) is 6.54 Å². The van der Waals surface area contributed by atoms with E-state index in [9.17, 15) is 9.59 Å². The summed E-state index contributed by atoms with van der Waals surface area (Å²) in [6.07, 6.45) is 0. The Kier molecular flexibility index (Phi) is 3.40. The van der Waals surface area contributed by atoms with Crippen LogP contribution in [0.3, 0.4) is 0 Å². The van der Waals surface area contributed by atoms with Crippen molar-refractivity contribution in [3.8, 4) is 6.07 Å². The number of nitrogens with one attached hydrogen (secondary N) is 1. The zero-order valence-corrected chi connectivity index (χ0v) is 11.4. The van der Waals surface area contributed by atoms with E-state index in [-0.39, 0.29) is 6.54 Å². The molecule has 1 aliphatic rings. The summed E-state index contributed by atoms with van der Waals surface area (Å²) in [6.45, 7) is 1.27. The van der Waals surface area contributed by atoms with Crippen molar-refractivity contribution in [1.29, 1.82) is 5.26 Å². The Morgan fingerprint density at radius 1 is 1.37 bits per heavy atom. The van der Waals surface area contributed by atoms with Crippen LogP contribution in [0.4, 0.5) is 4.79 Å². The van der Waals surface area contributed by atoms with Gasteiger partial charge in [-0.3, -0.25) is 4.79 Å². The number of nitriles is 1. The van der Waals surface area contributed by atoms with Crippen LogP contribution in [0.1, 0.15) is 12.5 Å². The molecular formula is C12H9Cl2N3O2. The van der Waals surface area contributed by atoms with Crippen LogP contribution in [0.2, 0.25) is 10.0 Å². The van der Waals surface area contributed by atoms with Crippen LogP contribution in [-0.2, 0) is 10.3 Å². The molecule has 1 N–H and O–H groups in total. The van der Waals surface area contributed by atoms with Crippen LogP contribution in [0.5, 0.6) is 0 Å². The van der Waals surface area contributed by atoms with E-state index < -0.39 is 17.5 Å². The molecule has 5 nitrogen and oxygen atoms in total. The lowest BCUT2D eigenvalue weighted by Crippen LogP contribution is -2.40. The molecule has 19 heavy (non-hydrogen) atoms. The topological polar surface area (TPSA) is 73.2 Å². The first-order valence-electron chi connectivity index (χ1n) is 5.36. The first kappa shape index (κ1) is 13.7. The van der Waals surface area contributed by atoms with Gasteiger partial charge in [0.2, 0.25) is 0 Å². The van der Waals surface area contributed by atoms with Gasteiger partial charge in [-0.1, -0.05) is 29.3 Å². The molecule has 0 radical (unpaired) electrons. The molecule has 0 aromatic heterocycles. The van der Waals surface area contributed by atoms with E-state index in [2.05, 4.69) is 5.32 Å². The van der Waals surface area contributed by atoms with Gasteiger partial charge in [0.15, 0.2) is 0 Å². The van der Waals surface area contributed by atoms with E-state index in [0.717, 1.165) is 4.90 Å². The van der Waals surface area contributed by atoms with E-state index >= 15 is 0 Å². The molecule has 2 rings (SSSR count). The van der Waals surface area contributed by atoms with Gasteiger partial charge in [-0.25, -0.2) is 9.69 Å². The fourth-order valence-electron chi connectivity index (χ4n) is 1.91. The lowest BCUT2D eigenvalue weighted by atomic mass is 9.92. The quantitative estimate of drug-likeness (QED) is 0.672. The summed E-state index contributed by atoms with van der Waals surface area (Å²) in [5.41, 5.74) is -0.719. The maximum atomic E-state index is 12.2. The minimum Gasteiger partial charge on any atom is -0.319 e. The summed E-state index contributed by atoms with van der Waals surface area (Å²) in [4.78, 5) is 24.8. The number of hydrogen-bond donors (Lipinski definition) is 1. The van der Waals surface area contributed by atoms with E-state index in [4.69, 9.17) is 28.5 Å². The van der Waals surface area contributed by atoms with E-state index in [1.54, 1.807) is 25.1 Å². The molecule has 0 aliphatic carbocycles. The minimum absolute atomic E-state index is 0.290. The Hall–Kier alpha value is -1.77. The van der Waals surface area contributed by atoms with Crippen LogP contribution in [-0.4, -0.2) is 23.4 Å². The molecule has 1 fully saturated rings. The summed E-state index contributed by atoms with van der Waals surface area (Å²) in [7, 11) is 0. The Morgan fingerprint density at radius 3 is 2.63 bits per heavy atom. The third-order valence-corrected chi connectivity index (χ3v) is 3.74. The van der Waals surface area contributed by atoms with Gasteiger partial charge in [-0.2, -0.15) is 5.26 Å². The highest BCUT2D eigenvalue weighted by Crippen LogP contribution is 2.32. The smallest absolute Gasteiger partial charge is 0.319 e. The molecule has 0 spiro atoms. The lowest BCUT2D eigenvalue weighted by Gasteiger charge is -2.22. The molecule has 98 valence electrons. The maximum absolute atomic E-state index is 12.2. The second-order valence-corrected chi connectivity index (χ2v) is 5.05. The Bertz CT molecular complexity index is 611. The number of urea groups is 1. The molecule has 0 saturated carbocycles. The minimum atomic E-state index is -1.23. The van der Waals surface area contributed by atoms with Crippen molar-refractivity contribution < 1.29 is 9.59 Å². The normalized spacial score (nSPS) is 22.3. The predicted molar refractivity (Wildman–Crippen MR) is 69.7 cm³/mol. The lowest BCUT2D eigenvalue weighted by molar-refractivity contribution is -0.130. The molecule has 7 heteroatoms. The first-order valence-corrected chi connectivity index (χ1v) is 6.12. The molecule has 0 bridgehead atoms. The zero-order valence-electron chi connectivity index (χ0n) is 9.91. The summed E-state index contributed by atoms with van der Waals surface area (Å²) >= 11 is 11.7. The maximum Gasteiger partial charge on any atom is 0.326 e. The number of hydrogen-bond acceptors (Lipinski definition) is 3. The Labute approximate surface area is 119 Å². The molecule has 1 aliphatic heterocycles.